The Bertz CT molecular complexity index is 1350. The third-order valence-corrected chi connectivity index (χ3v) is 10.9. The molecule has 1 N–H and O–H groups in total. The summed E-state index contributed by atoms with van der Waals surface area (Å²) < 4.78 is 42.8. The van der Waals surface area contributed by atoms with Crippen molar-refractivity contribution in [3.05, 3.63) is 66.0 Å². The molecule has 0 radical (unpaired) electrons. The Balaban J connectivity index is 1.86. The molecule has 2 aromatic carbocycles. The number of anilines is 2. The van der Waals surface area contributed by atoms with Crippen LogP contribution in [0.15, 0.2) is 59.6 Å². The second kappa shape index (κ2) is 10.7. The van der Waals surface area contributed by atoms with Crippen molar-refractivity contribution in [1.82, 2.24) is 9.97 Å². The lowest BCUT2D eigenvalue weighted by Crippen LogP contribution is -2.21. The van der Waals surface area contributed by atoms with Gasteiger partial charge in [-0.1, -0.05) is 36.8 Å². The summed E-state index contributed by atoms with van der Waals surface area (Å²) in [6.07, 6.45) is 1.74. The van der Waals surface area contributed by atoms with Crippen LogP contribution >= 0.6 is 7.37 Å². The maximum atomic E-state index is 13.1. The summed E-state index contributed by atoms with van der Waals surface area (Å²) in [4.78, 5) is 23.8. The fourth-order valence-electron chi connectivity index (χ4n) is 3.27. The molecule has 1 unspecified atom stereocenters. The average Bonchev–Trinajstić information content (AvgIpc) is 2.84. The van der Waals surface area contributed by atoms with Gasteiger partial charge in [0.25, 0.3) is 5.91 Å². The number of amides is 1. The lowest BCUT2D eigenvalue weighted by Gasteiger charge is -2.16. The predicted octanol–water partition coefficient (Wildman–Crippen LogP) is 4.45. The Morgan fingerprint density at radius 1 is 1.09 bits per heavy atom. The van der Waals surface area contributed by atoms with E-state index in [9.17, 15) is 17.8 Å². The van der Waals surface area contributed by atoms with Crippen LogP contribution in [0.25, 0.3) is 11.3 Å². The molecule has 11 heteroatoms. The van der Waals surface area contributed by atoms with Gasteiger partial charge in [0.05, 0.1) is 16.8 Å². The Hall–Kier alpha value is -3.07. The number of carbonyl (C=O) groups is 1. The highest BCUT2D eigenvalue weighted by molar-refractivity contribution is 7.98. The third kappa shape index (κ3) is 6.33. The first kappa shape index (κ1) is 26.5. The van der Waals surface area contributed by atoms with E-state index in [1.165, 1.54) is 31.4 Å². The van der Waals surface area contributed by atoms with Crippen molar-refractivity contribution in [1.29, 1.82) is 0 Å². The maximum absolute atomic E-state index is 13.1. The first-order valence-corrected chi connectivity index (χ1v) is 14.5. The van der Waals surface area contributed by atoms with Crippen LogP contribution < -0.4 is 10.2 Å². The van der Waals surface area contributed by atoms with Gasteiger partial charge in [0.15, 0.2) is 21.3 Å². The fraction of sp³-hybridized carbons (Fsp3) is 0.292. The average molecular weight is 517 g/mol. The molecule has 0 spiro atoms. The van der Waals surface area contributed by atoms with Gasteiger partial charge in [0, 0.05) is 38.6 Å². The highest BCUT2D eigenvalue weighted by atomic mass is 32.2. The van der Waals surface area contributed by atoms with Gasteiger partial charge in [-0.05, 0) is 31.2 Å². The minimum absolute atomic E-state index is 0.00337. The van der Waals surface area contributed by atoms with Crippen molar-refractivity contribution in [2.24, 2.45) is 0 Å². The van der Waals surface area contributed by atoms with Gasteiger partial charge in [0.2, 0.25) is 7.37 Å². The minimum atomic E-state index is -3.83. The molecule has 0 bridgehead atoms. The van der Waals surface area contributed by atoms with E-state index in [0.717, 1.165) is 11.1 Å². The van der Waals surface area contributed by atoms with Crippen LogP contribution in [0.1, 0.15) is 23.0 Å². The Labute approximate surface area is 205 Å². The quantitative estimate of drug-likeness (QED) is 0.415. The van der Waals surface area contributed by atoms with Crippen LogP contribution in [0.5, 0.6) is 0 Å². The molecule has 0 saturated carbocycles. The summed E-state index contributed by atoms with van der Waals surface area (Å²) >= 11 is 0. The van der Waals surface area contributed by atoms with Crippen molar-refractivity contribution in [2.45, 2.75) is 18.7 Å². The molecule has 0 fully saturated rings. The Morgan fingerprint density at radius 2 is 1.71 bits per heavy atom. The van der Waals surface area contributed by atoms with Crippen LogP contribution in [-0.4, -0.2) is 57.2 Å². The van der Waals surface area contributed by atoms with E-state index < -0.39 is 28.6 Å². The van der Waals surface area contributed by atoms with E-state index in [1.807, 2.05) is 31.2 Å². The zero-order valence-electron chi connectivity index (χ0n) is 20.3. The van der Waals surface area contributed by atoms with Crippen LogP contribution in [-0.2, 0) is 18.9 Å². The standard InChI is InChI=1S/C24H29N4O5PS/c1-6-34(30,33-5)16-35(31,32)20-13-11-19(12-14-20)26-24(29)22-23(28(3)4)25-15-21(27-22)18-9-7-17(2)8-10-18/h7-15H,6,16H2,1-5H3,(H,26,29). The Kier molecular flexibility index (Phi) is 8.10. The smallest absolute Gasteiger partial charge is 0.278 e. The van der Waals surface area contributed by atoms with Gasteiger partial charge < -0.3 is 14.7 Å². The molecule has 1 atom stereocenters. The van der Waals surface area contributed by atoms with Crippen LogP contribution in [0, 0.1) is 6.92 Å². The Morgan fingerprint density at radius 3 is 2.26 bits per heavy atom. The summed E-state index contributed by atoms with van der Waals surface area (Å²) in [7, 11) is -2.32. The largest absolute Gasteiger partial charge is 0.361 e. The number of sulfone groups is 1. The minimum Gasteiger partial charge on any atom is -0.361 e. The predicted molar refractivity (Wildman–Crippen MR) is 138 cm³/mol. The monoisotopic (exact) mass is 516 g/mol. The van der Waals surface area contributed by atoms with Crippen molar-refractivity contribution in [3.8, 4) is 11.3 Å². The van der Waals surface area contributed by atoms with Crippen molar-refractivity contribution in [2.75, 3.05) is 43.1 Å². The molecule has 0 aliphatic carbocycles. The molecule has 0 aliphatic rings. The number of aryl methyl sites for hydroxylation is 1. The van der Waals surface area contributed by atoms with Crippen LogP contribution in [0.4, 0.5) is 11.5 Å². The number of rotatable bonds is 9. The molecule has 1 amide bonds. The summed E-state index contributed by atoms with van der Waals surface area (Å²) in [6, 6.07) is 13.4. The van der Waals surface area contributed by atoms with Gasteiger partial charge in [-0.15, -0.1) is 0 Å². The zero-order valence-corrected chi connectivity index (χ0v) is 22.1. The van der Waals surface area contributed by atoms with Crippen molar-refractivity contribution >= 4 is 34.6 Å². The highest BCUT2D eigenvalue weighted by Gasteiger charge is 2.29. The summed E-state index contributed by atoms with van der Waals surface area (Å²) in [5, 5.41) is 2.75. The van der Waals surface area contributed by atoms with E-state index in [1.54, 1.807) is 32.1 Å². The number of hydrogen-bond acceptors (Lipinski definition) is 8. The molecule has 9 nitrogen and oxygen atoms in total. The summed E-state index contributed by atoms with van der Waals surface area (Å²) in [5.41, 5.74) is 2.43. The number of hydrogen-bond donors (Lipinski definition) is 1. The molecule has 35 heavy (non-hydrogen) atoms. The highest BCUT2D eigenvalue weighted by Crippen LogP contribution is 2.47. The van der Waals surface area contributed by atoms with Crippen molar-refractivity contribution in [3.63, 3.8) is 0 Å². The first-order valence-electron chi connectivity index (χ1n) is 10.9. The van der Waals surface area contributed by atoms with E-state index in [0.29, 0.717) is 17.2 Å². The number of nitrogens with one attached hydrogen (secondary N) is 1. The molecule has 0 saturated heterocycles. The molecule has 3 aromatic rings. The van der Waals surface area contributed by atoms with Gasteiger partial charge in [-0.2, -0.15) is 0 Å². The van der Waals surface area contributed by atoms with Crippen LogP contribution in [0.3, 0.4) is 0 Å². The van der Waals surface area contributed by atoms with Gasteiger partial charge in [-0.3, -0.25) is 9.36 Å². The molecular weight excluding hydrogens is 487 g/mol. The lowest BCUT2D eigenvalue weighted by atomic mass is 10.1. The van der Waals surface area contributed by atoms with Gasteiger partial charge in [0.1, 0.15) is 5.49 Å². The number of carbonyl (C=O) groups excluding carboxylic acids is 1. The van der Waals surface area contributed by atoms with E-state index in [2.05, 4.69) is 15.3 Å². The van der Waals surface area contributed by atoms with E-state index in [-0.39, 0.29) is 16.8 Å². The van der Waals surface area contributed by atoms with Gasteiger partial charge >= 0.3 is 0 Å². The van der Waals surface area contributed by atoms with E-state index >= 15 is 0 Å². The SMILES string of the molecule is CCP(=O)(CS(=O)(=O)c1ccc(NC(=O)c2nc(-c3ccc(C)cc3)cnc2N(C)C)cc1)OC. The van der Waals surface area contributed by atoms with Gasteiger partial charge in [-0.25, -0.2) is 18.4 Å². The second-order valence-corrected chi connectivity index (χ2v) is 13.6. The molecule has 1 heterocycles. The lowest BCUT2D eigenvalue weighted by molar-refractivity contribution is 0.102. The molecule has 3 rings (SSSR count). The van der Waals surface area contributed by atoms with Crippen LogP contribution in [0.2, 0.25) is 0 Å². The summed E-state index contributed by atoms with van der Waals surface area (Å²) in [6.45, 7) is 3.61. The number of nitrogens with zero attached hydrogens (tertiary/aromatic N) is 3. The van der Waals surface area contributed by atoms with Crippen molar-refractivity contribution < 1.29 is 22.3 Å². The molecular formula is C24H29N4O5PS. The number of aromatic nitrogens is 2. The normalized spacial score (nSPS) is 13.2. The summed E-state index contributed by atoms with van der Waals surface area (Å²) in [5.74, 6) is -0.0897. The zero-order chi connectivity index (χ0) is 25.8. The third-order valence-electron chi connectivity index (χ3n) is 5.39. The first-order chi connectivity index (χ1) is 16.5. The fourth-order valence-corrected chi connectivity index (χ4v) is 7.90. The molecule has 0 aliphatic heterocycles. The maximum Gasteiger partial charge on any atom is 0.278 e. The number of benzene rings is 2. The van der Waals surface area contributed by atoms with E-state index in [4.69, 9.17) is 4.52 Å². The topological polar surface area (TPSA) is 119 Å². The second-order valence-electron chi connectivity index (χ2n) is 8.22. The molecule has 186 valence electrons. The molecule has 1 aromatic heterocycles.